The zero-order valence-electron chi connectivity index (χ0n) is 15.4. The van der Waals surface area contributed by atoms with Gasteiger partial charge in [-0.2, -0.15) is 0 Å². The number of pyridine rings is 2. The fourth-order valence-electron chi connectivity index (χ4n) is 3.54. The first-order valence-corrected chi connectivity index (χ1v) is 9.73. The second kappa shape index (κ2) is 8.12. The van der Waals surface area contributed by atoms with E-state index in [0.717, 1.165) is 31.7 Å². The molecule has 7 heteroatoms. The number of piperazine rings is 1. The molecule has 0 aliphatic carbocycles. The van der Waals surface area contributed by atoms with E-state index >= 15 is 0 Å². The highest BCUT2D eigenvalue weighted by Gasteiger charge is 2.24. The van der Waals surface area contributed by atoms with Crippen LogP contribution in [-0.4, -0.2) is 58.4 Å². The molecule has 28 heavy (non-hydrogen) atoms. The quantitative estimate of drug-likeness (QED) is 0.736. The topological polar surface area (TPSA) is 69.3 Å². The molecule has 0 spiro atoms. The third-order valence-electron chi connectivity index (χ3n) is 5.16. The van der Waals surface area contributed by atoms with Crippen molar-refractivity contribution in [2.45, 2.75) is 6.42 Å². The van der Waals surface area contributed by atoms with Gasteiger partial charge in [-0.1, -0.05) is 23.7 Å². The number of carbonyl (C=O) groups excluding carboxylic acids is 1. The van der Waals surface area contributed by atoms with Gasteiger partial charge in [0.05, 0.1) is 10.5 Å². The Kier molecular flexibility index (Phi) is 5.41. The van der Waals surface area contributed by atoms with Crippen LogP contribution in [0.3, 0.4) is 0 Å². The molecule has 1 fully saturated rings. The number of para-hydroxylation sites is 1. The smallest absolute Gasteiger partial charge is 0.259 e. The van der Waals surface area contributed by atoms with E-state index in [9.17, 15) is 9.59 Å². The summed E-state index contributed by atoms with van der Waals surface area (Å²) in [5.41, 5.74) is 1.52. The SMILES string of the molecule is O=C(c1c[nH]c2c(Cl)cccc2c1=O)N1CCN(CCc2ccccn2)CC1. The van der Waals surface area contributed by atoms with E-state index in [4.69, 9.17) is 11.6 Å². The summed E-state index contributed by atoms with van der Waals surface area (Å²) >= 11 is 6.12. The molecule has 1 aromatic carbocycles. The second-order valence-electron chi connectivity index (χ2n) is 6.90. The summed E-state index contributed by atoms with van der Waals surface area (Å²) < 4.78 is 0. The predicted octanol–water partition coefficient (Wildman–Crippen LogP) is 2.58. The van der Waals surface area contributed by atoms with Crippen LogP contribution < -0.4 is 5.43 Å². The van der Waals surface area contributed by atoms with E-state index in [2.05, 4.69) is 14.9 Å². The number of fused-ring (bicyclic) bond motifs is 1. The van der Waals surface area contributed by atoms with Crippen molar-refractivity contribution in [1.82, 2.24) is 19.8 Å². The molecule has 0 saturated carbocycles. The molecule has 1 amide bonds. The molecule has 3 aromatic rings. The van der Waals surface area contributed by atoms with Crippen molar-refractivity contribution in [2.75, 3.05) is 32.7 Å². The average molecular weight is 397 g/mol. The van der Waals surface area contributed by atoms with Crippen molar-refractivity contribution in [3.63, 3.8) is 0 Å². The maximum atomic E-state index is 12.9. The largest absolute Gasteiger partial charge is 0.359 e. The monoisotopic (exact) mass is 396 g/mol. The van der Waals surface area contributed by atoms with Crippen LogP contribution in [0.2, 0.25) is 5.02 Å². The zero-order chi connectivity index (χ0) is 19.5. The van der Waals surface area contributed by atoms with E-state index in [-0.39, 0.29) is 16.9 Å². The number of halogens is 1. The second-order valence-corrected chi connectivity index (χ2v) is 7.31. The van der Waals surface area contributed by atoms with Crippen molar-refractivity contribution in [3.8, 4) is 0 Å². The Balaban J connectivity index is 1.41. The number of hydrogen-bond acceptors (Lipinski definition) is 4. The van der Waals surface area contributed by atoms with Crippen LogP contribution in [0.25, 0.3) is 10.9 Å². The number of H-pyrrole nitrogens is 1. The van der Waals surface area contributed by atoms with Gasteiger partial charge in [0.25, 0.3) is 5.91 Å². The molecule has 1 N–H and O–H groups in total. The molecule has 0 radical (unpaired) electrons. The summed E-state index contributed by atoms with van der Waals surface area (Å²) in [6, 6.07) is 11.0. The van der Waals surface area contributed by atoms with Gasteiger partial charge in [-0.15, -0.1) is 0 Å². The summed E-state index contributed by atoms with van der Waals surface area (Å²) in [7, 11) is 0. The van der Waals surface area contributed by atoms with E-state index in [1.807, 2.05) is 18.2 Å². The fourth-order valence-corrected chi connectivity index (χ4v) is 3.77. The Morgan fingerprint density at radius 3 is 2.68 bits per heavy atom. The van der Waals surface area contributed by atoms with Crippen molar-refractivity contribution >= 4 is 28.4 Å². The lowest BCUT2D eigenvalue weighted by Gasteiger charge is -2.34. The van der Waals surface area contributed by atoms with E-state index in [0.29, 0.717) is 29.0 Å². The third kappa shape index (κ3) is 3.79. The van der Waals surface area contributed by atoms with Crippen molar-refractivity contribution in [1.29, 1.82) is 0 Å². The molecular formula is C21H21ClN4O2. The Morgan fingerprint density at radius 2 is 1.93 bits per heavy atom. The zero-order valence-corrected chi connectivity index (χ0v) is 16.2. The van der Waals surface area contributed by atoms with Gasteiger partial charge >= 0.3 is 0 Å². The van der Waals surface area contributed by atoms with Gasteiger partial charge in [0.15, 0.2) is 0 Å². The summed E-state index contributed by atoms with van der Waals surface area (Å²) in [5, 5.41) is 0.905. The van der Waals surface area contributed by atoms with Crippen LogP contribution in [0.5, 0.6) is 0 Å². The van der Waals surface area contributed by atoms with Gasteiger partial charge in [0.2, 0.25) is 5.43 Å². The standard InChI is InChI=1S/C21H21ClN4O2/c22-18-6-3-5-16-19(18)24-14-17(20(16)27)21(28)26-12-10-25(11-13-26)9-7-15-4-1-2-8-23-15/h1-6,8,14H,7,9-13H2,(H,24,27). The lowest BCUT2D eigenvalue weighted by molar-refractivity contribution is 0.0637. The summed E-state index contributed by atoms with van der Waals surface area (Å²) in [6.45, 7) is 3.70. The third-order valence-corrected chi connectivity index (χ3v) is 5.48. The first-order valence-electron chi connectivity index (χ1n) is 9.35. The lowest BCUT2D eigenvalue weighted by Crippen LogP contribution is -2.49. The molecule has 1 saturated heterocycles. The number of carbonyl (C=O) groups is 1. The molecule has 0 atom stereocenters. The highest BCUT2D eigenvalue weighted by Crippen LogP contribution is 2.19. The number of hydrogen-bond donors (Lipinski definition) is 1. The molecule has 0 unspecified atom stereocenters. The fraction of sp³-hybridized carbons (Fsp3) is 0.286. The maximum absolute atomic E-state index is 12.9. The van der Waals surface area contributed by atoms with Gasteiger partial charge in [0, 0.05) is 62.6 Å². The van der Waals surface area contributed by atoms with Crippen molar-refractivity contribution in [2.24, 2.45) is 0 Å². The minimum atomic E-state index is -0.279. The number of aromatic amines is 1. The number of benzene rings is 1. The highest BCUT2D eigenvalue weighted by molar-refractivity contribution is 6.35. The number of rotatable bonds is 4. The van der Waals surface area contributed by atoms with E-state index in [1.165, 1.54) is 6.20 Å². The van der Waals surface area contributed by atoms with E-state index in [1.54, 1.807) is 29.3 Å². The maximum Gasteiger partial charge on any atom is 0.259 e. The van der Waals surface area contributed by atoms with Crippen molar-refractivity contribution < 1.29 is 4.79 Å². The van der Waals surface area contributed by atoms with Crippen LogP contribution >= 0.6 is 11.6 Å². The molecule has 2 aromatic heterocycles. The minimum Gasteiger partial charge on any atom is -0.359 e. The van der Waals surface area contributed by atoms with Gasteiger partial charge in [0.1, 0.15) is 5.56 Å². The number of aromatic nitrogens is 2. The number of nitrogens with one attached hydrogen (secondary N) is 1. The van der Waals surface area contributed by atoms with Gasteiger partial charge in [-0.05, 0) is 24.3 Å². The summed E-state index contributed by atoms with van der Waals surface area (Å²) in [5.74, 6) is -0.229. The molecule has 0 bridgehead atoms. The number of nitrogens with zero attached hydrogens (tertiary/aromatic N) is 3. The molecule has 144 valence electrons. The first-order chi connectivity index (χ1) is 13.6. The lowest BCUT2D eigenvalue weighted by atomic mass is 10.1. The Hall–Kier alpha value is -2.70. The van der Waals surface area contributed by atoms with E-state index < -0.39 is 0 Å². The average Bonchev–Trinajstić information content (AvgIpc) is 2.74. The minimum absolute atomic E-state index is 0.164. The Labute approximate surface area is 167 Å². The summed E-state index contributed by atoms with van der Waals surface area (Å²) in [6.07, 6.45) is 4.17. The van der Waals surface area contributed by atoms with Crippen LogP contribution in [-0.2, 0) is 6.42 Å². The molecule has 6 nitrogen and oxygen atoms in total. The van der Waals surface area contributed by atoms with Gasteiger partial charge in [-0.3, -0.25) is 19.5 Å². The predicted molar refractivity (Wildman–Crippen MR) is 110 cm³/mol. The van der Waals surface area contributed by atoms with Gasteiger partial charge in [-0.25, -0.2) is 0 Å². The Bertz CT molecular complexity index is 1040. The normalized spacial score (nSPS) is 15.1. The van der Waals surface area contributed by atoms with Crippen LogP contribution in [0.4, 0.5) is 0 Å². The van der Waals surface area contributed by atoms with Crippen LogP contribution in [0, 0.1) is 0 Å². The first kappa shape index (κ1) is 18.7. The molecule has 3 heterocycles. The molecule has 4 rings (SSSR count). The molecular weight excluding hydrogens is 376 g/mol. The summed E-state index contributed by atoms with van der Waals surface area (Å²) in [4.78, 5) is 37.0. The van der Waals surface area contributed by atoms with Crippen LogP contribution in [0.15, 0.2) is 53.6 Å². The van der Waals surface area contributed by atoms with Crippen LogP contribution in [0.1, 0.15) is 16.1 Å². The van der Waals surface area contributed by atoms with Crippen molar-refractivity contribution in [3.05, 3.63) is 75.3 Å². The Morgan fingerprint density at radius 1 is 1.11 bits per heavy atom. The molecule has 1 aliphatic rings. The number of amides is 1. The molecule has 1 aliphatic heterocycles. The van der Waals surface area contributed by atoms with Gasteiger partial charge < -0.3 is 9.88 Å². The highest BCUT2D eigenvalue weighted by atomic mass is 35.5.